The number of para-hydroxylation sites is 1. The van der Waals surface area contributed by atoms with Crippen molar-refractivity contribution in [1.82, 2.24) is 19.7 Å². The zero-order valence-corrected chi connectivity index (χ0v) is 14.9. The third-order valence-electron chi connectivity index (χ3n) is 4.40. The minimum Gasteiger partial charge on any atom is -0.374 e. The number of morpholine rings is 1. The molecule has 4 rings (SSSR count). The topological polar surface area (TPSA) is 43.2 Å². The predicted octanol–water partition coefficient (Wildman–Crippen LogP) is 3.01. The van der Waals surface area contributed by atoms with Gasteiger partial charge in [-0.05, 0) is 32.0 Å². The smallest absolute Gasteiger partial charge is 0.108 e. The van der Waals surface area contributed by atoms with E-state index >= 15 is 0 Å². The second-order valence-corrected chi connectivity index (χ2v) is 7.53. The van der Waals surface area contributed by atoms with Crippen LogP contribution in [0.1, 0.15) is 16.4 Å². The summed E-state index contributed by atoms with van der Waals surface area (Å²) < 4.78 is 9.27. The van der Waals surface area contributed by atoms with Gasteiger partial charge in [-0.2, -0.15) is 5.10 Å². The largest absolute Gasteiger partial charge is 0.374 e. The Kier molecular flexibility index (Phi) is 4.35. The van der Waals surface area contributed by atoms with Gasteiger partial charge in [0.25, 0.3) is 0 Å². The van der Waals surface area contributed by atoms with Gasteiger partial charge in [-0.1, -0.05) is 12.1 Å². The Labute approximate surface area is 145 Å². The number of ether oxygens (including phenoxy) is 1. The fourth-order valence-electron chi connectivity index (χ4n) is 3.27. The number of benzene rings is 1. The number of aromatic nitrogens is 3. The van der Waals surface area contributed by atoms with Crippen molar-refractivity contribution in [2.75, 3.05) is 19.7 Å². The Balaban J connectivity index is 1.42. The van der Waals surface area contributed by atoms with Crippen molar-refractivity contribution in [2.24, 2.45) is 0 Å². The molecule has 0 saturated carbocycles. The van der Waals surface area contributed by atoms with Crippen LogP contribution in [0.5, 0.6) is 0 Å². The summed E-state index contributed by atoms with van der Waals surface area (Å²) in [7, 11) is 0. The Hall–Kier alpha value is -1.76. The van der Waals surface area contributed by atoms with Crippen LogP contribution in [0.25, 0.3) is 10.2 Å². The van der Waals surface area contributed by atoms with Crippen LogP contribution >= 0.6 is 11.3 Å². The van der Waals surface area contributed by atoms with E-state index in [0.717, 1.165) is 44.0 Å². The number of rotatable bonds is 4. The number of thiazole rings is 1. The Bertz CT molecular complexity index is 808. The molecule has 1 saturated heterocycles. The zero-order valence-electron chi connectivity index (χ0n) is 14.1. The second-order valence-electron chi connectivity index (χ2n) is 6.41. The van der Waals surface area contributed by atoms with Gasteiger partial charge in [0.1, 0.15) is 5.01 Å². The standard InChI is InChI=1S/C18H22N4OS/c1-13-9-14(2)22(20-13)11-15-10-21(7-8-23-15)12-18-19-16-5-3-4-6-17(16)24-18/h3-6,9,15H,7-8,10-12H2,1-2H3/t15-/m1/s1. The van der Waals surface area contributed by atoms with Gasteiger partial charge in [0.05, 0.1) is 41.7 Å². The summed E-state index contributed by atoms with van der Waals surface area (Å²) in [4.78, 5) is 7.19. The lowest BCUT2D eigenvalue weighted by Crippen LogP contribution is -2.43. The molecule has 0 N–H and O–H groups in total. The van der Waals surface area contributed by atoms with Gasteiger partial charge >= 0.3 is 0 Å². The highest BCUT2D eigenvalue weighted by Crippen LogP contribution is 2.23. The van der Waals surface area contributed by atoms with Crippen LogP contribution in [0, 0.1) is 13.8 Å². The summed E-state index contributed by atoms with van der Waals surface area (Å²) in [5.41, 5.74) is 3.36. The minimum absolute atomic E-state index is 0.186. The van der Waals surface area contributed by atoms with Gasteiger partial charge < -0.3 is 4.74 Å². The summed E-state index contributed by atoms with van der Waals surface area (Å²) in [5, 5.41) is 5.73. The molecular formula is C18H22N4OS. The maximum atomic E-state index is 5.95. The van der Waals surface area contributed by atoms with Crippen molar-refractivity contribution in [1.29, 1.82) is 0 Å². The molecule has 24 heavy (non-hydrogen) atoms. The highest BCUT2D eigenvalue weighted by atomic mass is 32.1. The van der Waals surface area contributed by atoms with Crippen molar-refractivity contribution < 1.29 is 4.74 Å². The van der Waals surface area contributed by atoms with E-state index in [1.807, 2.05) is 13.0 Å². The summed E-state index contributed by atoms with van der Waals surface area (Å²) in [6, 6.07) is 10.5. The quantitative estimate of drug-likeness (QED) is 0.731. The predicted molar refractivity (Wildman–Crippen MR) is 96.3 cm³/mol. The van der Waals surface area contributed by atoms with Crippen LogP contribution in [0.2, 0.25) is 0 Å². The first-order valence-corrected chi connectivity index (χ1v) is 9.18. The van der Waals surface area contributed by atoms with Crippen molar-refractivity contribution in [3.05, 3.63) is 46.7 Å². The fourth-order valence-corrected chi connectivity index (χ4v) is 4.28. The molecule has 0 bridgehead atoms. The van der Waals surface area contributed by atoms with E-state index in [1.165, 1.54) is 15.4 Å². The highest BCUT2D eigenvalue weighted by molar-refractivity contribution is 7.18. The van der Waals surface area contributed by atoms with E-state index in [0.29, 0.717) is 0 Å². The minimum atomic E-state index is 0.186. The van der Waals surface area contributed by atoms with Crippen molar-refractivity contribution in [2.45, 2.75) is 33.0 Å². The third kappa shape index (κ3) is 3.36. The maximum Gasteiger partial charge on any atom is 0.108 e. The van der Waals surface area contributed by atoms with Crippen molar-refractivity contribution in [3.63, 3.8) is 0 Å². The van der Waals surface area contributed by atoms with Crippen LogP contribution in [0.3, 0.4) is 0 Å². The molecular weight excluding hydrogens is 320 g/mol. The summed E-state index contributed by atoms with van der Waals surface area (Å²) >= 11 is 1.79. The lowest BCUT2D eigenvalue weighted by molar-refractivity contribution is -0.0404. The van der Waals surface area contributed by atoms with E-state index in [9.17, 15) is 0 Å². The molecule has 1 aliphatic rings. The van der Waals surface area contributed by atoms with Crippen LogP contribution in [-0.2, 0) is 17.8 Å². The molecule has 6 heteroatoms. The average molecular weight is 342 g/mol. The molecule has 5 nitrogen and oxygen atoms in total. The number of aryl methyl sites for hydroxylation is 2. The van der Waals surface area contributed by atoms with E-state index in [-0.39, 0.29) is 6.10 Å². The molecule has 0 unspecified atom stereocenters. The first-order chi connectivity index (χ1) is 11.7. The van der Waals surface area contributed by atoms with Crippen LogP contribution < -0.4 is 0 Å². The number of hydrogen-bond donors (Lipinski definition) is 0. The maximum absolute atomic E-state index is 5.95. The molecule has 0 radical (unpaired) electrons. The van der Waals surface area contributed by atoms with Crippen molar-refractivity contribution >= 4 is 21.6 Å². The van der Waals surface area contributed by atoms with Gasteiger partial charge in [-0.25, -0.2) is 4.98 Å². The van der Waals surface area contributed by atoms with Gasteiger partial charge in [-0.3, -0.25) is 9.58 Å². The van der Waals surface area contributed by atoms with E-state index in [2.05, 4.69) is 45.9 Å². The molecule has 1 atom stereocenters. The van der Waals surface area contributed by atoms with Gasteiger partial charge in [0.15, 0.2) is 0 Å². The monoisotopic (exact) mass is 342 g/mol. The number of nitrogens with zero attached hydrogens (tertiary/aromatic N) is 4. The number of fused-ring (bicyclic) bond motifs is 1. The summed E-state index contributed by atoms with van der Waals surface area (Å²) in [6.07, 6.45) is 0.186. The SMILES string of the molecule is Cc1cc(C)n(C[C@H]2CN(Cc3nc4ccccc4s3)CCO2)n1. The Morgan fingerprint density at radius 1 is 1.29 bits per heavy atom. The molecule has 0 spiro atoms. The molecule has 0 amide bonds. The lowest BCUT2D eigenvalue weighted by atomic mass is 10.2. The van der Waals surface area contributed by atoms with E-state index in [4.69, 9.17) is 9.72 Å². The Morgan fingerprint density at radius 2 is 2.17 bits per heavy atom. The van der Waals surface area contributed by atoms with Gasteiger partial charge in [0, 0.05) is 18.8 Å². The molecule has 0 aliphatic carbocycles. The van der Waals surface area contributed by atoms with Crippen LogP contribution in [0.15, 0.2) is 30.3 Å². The molecule has 3 aromatic rings. The zero-order chi connectivity index (χ0) is 16.5. The van der Waals surface area contributed by atoms with E-state index in [1.54, 1.807) is 11.3 Å². The first kappa shape index (κ1) is 15.7. The third-order valence-corrected chi connectivity index (χ3v) is 5.42. The van der Waals surface area contributed by atoms with Gasteiger partial charge in [0.2, 0.25) is 0 Å². The van der Waals surface area contributed by atoms with Crippen LogP contribution in [0.4, 0.5) is 0 Å². The van der Waals surface area contributed by atoms with Gasteiger partial charge in [-0.15, -0.1) is 11.3 Å². The average Bonchev–Trinajstić information content (AvgIpc) is 3.10. The summed E-state index contributed by atoms with van der Waals surface area (Å²) in [5.74, 6) is 0. The highest BCUT2D eigenvalue weighted by Gasteiger charge is 2.22. The normalized spacial score (nSPS) is 19.2. The number of hydrogen-bond acceptors (Lipinski definition) is 5. The van der Waals surface area contributed by atoms with Crippen LogP contribution in [-0.4, -0.2) is 45.5 Å². The van der Waals surface area contributed by atoms with E-state index < -0.39 is 0 Å². The second kappa shape index (κ2) is 6.63. The molecule has 3 heterocycles. The summed E-state index contributed by atoms with van der Waals surface area (Å²) in [6.45, 7) is 8.51. The molecule has 2 aromatic heterocycles. The molecule has 1 fully saturated rings. The Morgan fingerprint density at radius 3 is 2.96 bits per heavy atom. The lowest BCUT2D eigenvalue weighted by Gasteiger charge is -2.32. The fraction of sp³-hybridized carbons (Fsp3) is 0.444. The first-order valence-electron chi connectivity index (χ1n) is 8.37. The van der Waals surface area contributed by atoms with Crippen molar-refractivity contribution in [3.8, 4) is 0 Å². The molecule has 126 valence electrons. The molecule has 1 aliphatic heterocycles. The molecule has 1 aromatic carbocycles.